The highest BCUT2D eigenvalue weighted by molar-refractivity contribution is 6.06. The number of phenolic OH excluding ortho intramolecular Hbond substituents is 1. The Bertz CT molecular complexity index is 1720. The van der Waals surface area contributed by atoms with Crippen LogP contribution in [0.1, 0.15) is 76.8 Å². The lowest BCUT2D eigenvalue weighted by Crippen LogP contribution is -2.47. The third kappa shape index (κ3) is 6.25. The van der Waals surface area contributed by atoms with Gasteiger partial charge in [0.25, 0.3) is 0 Å². The van der Waals surface area contributed by atoms with Crippen LogP contribution < -0.4 is 0 Å². The quantitative estimate of drug-likeness (QED) is 0.178. The molecule has 3 heterocycles. The van der Waals surface area contributed by atoms with Gasteiger partial charge in [0.2, 0.25) is 11.8 Å². The van der Waals surface area contributed by atoms with Crippen LogP contribution in [0.15, 0.2) is 83.4 Å². The Labute approximate surface area is 285 Å². The van der Waals surface area contributed by atoms with Crippen molar-refractivity contribution in [3.63, 3.8) is 0 Å². The van der Waals surface area contributed by atoms with Crippen LogP contribution in [0.4, 0.5) is 0 Å². The molecule has 0 spiro atoms. The Morgan fingerprint density at radius 2 is 1.65 bits per heavy atom. The summed E-state index contributed by atoms with van der Waals surface area (Å²) in [4.78, 5) is 32.4. The number of phenols is 1. The molecular weight excluding hydrogens is 596 g/mol. The third-order valence-corrected chi connectivity index (χ3v) is 11.4. The highest BCUT2D eigenvalue weighted by Gasteiger charge is 2.58. The van der Waals surface area contributed by atoms with Crippen LogP contribution in [0.3, 0.4) is 0 Å². The van der Waals surface area contributed by atoms with Crippen molar-refractivity contribution < 1.29 is 19.4 Å². The first-order valence-corrected chi connectivity index (χ1v) is 18.2. The molecule has 0 unspecified atom stereocenters. The lowest BCUT2D eigenvalue weighted by molar-refractivity contribution is -0.144. The molecule has 3 aliphatic heterocycles. The number of amides is 2. The topological polar surface area (TPSA) is 70.1 Å². The maximum Gasteiger partial charge on any atom is 0.234 e. The van der Waals surface area contributed by atoms with Gasteiger partial charge >= 0.3 is 0 Å². The van der Waals surface area contributed by atoms with Gasteiger partial charge in [0.1, 0.15) is 5.75 Å². The molecule has 3 saturated heterocycles. The van der Waals surface area contributed by atoms with Gasteiger partial charge in [-0.2, -0.15) is 0 Å². The van der Waals surface area contributed by atoms with Crippen molar-refractivity contribution in [2.45, 2.75) is 84.4 Å². The van der Waals surface area contributed by atoms with E-state index in [1.807, 2.05) is 30.3 Å². The number of likely N-dealkylation sites (tertiary alicyclic amines) is 2. The number of aromatic hydroxyl groups is 1. The molecule has 0 saturated carbocycles. The molecule has 2 amide bonds. The first-order valence-electron chi connectivity index (χ1n) is 18.2. The maximum absolute atomic E-state index is 14.2. The fourth-order valence-corrected chi connectivity index (χ4v) is 9.08. The zero-order valence-corrected chi connectivity index (χ0v) is 28.7. The van der Waals surface area contributed by atoms with Crippen LogP contribution in [-0.2, 0) is 20.9 Å². The van der Waals surface area contributed by atoms with Crippen LogP contribution in [-0.4, -0.2) is 58.6 Å². The summed E-state index contributed by atoms with van der Waals surface area (Å²) in [5.74, 6) is 0.155. The van der Waals surface area contributed by atoms with Gasteiger partial charge in [-0.25, -0.2) is 0 Å². The van der Waals surface area contributed by atoms with Crippen molar-refractivity contribution in [2.75, 3.05) is 19.7 Å². The number of allylic oxidation sites excluding steroid dienone is 2. The highest BCUT2D eigenvalue weighted by Crippen LogP contribution is 2.52. The van der Waals surface area contributed by atoms with Gasteiger partial charge in [-0.15, -0.1) is 0 Å². The Morgan fingerprint density at radius 1 is 0.917 bits per heavy atom. The average Bonchev–Trinajstić information content (AvgIpc) is 3.63. The molecule has 0 radical (unpaired) electrons. The van der Waals surface area contributed by atoms with Gasteiger partial charge in [0.05, 0.1) is 24.5 Å². The van der Waals surface area contributed by atoms with Crippen molar-refractivity contribution in [3.05, 3.63) is 94.6 Å². The monoisotopic (exact) mass is 646 g/mol. The SMILES string of the molecule is CCC/C(=C\c1ccc(O)c2ccccc12)CC[C@H]1OC[C@H]2C1=C(C(C)C)C[C@H]1C(=O)N(C3CCN(Cc4ccccc4)CC3)C(=O)[C@H]12. The fourth-order valence-electron chi connectivity index (χ4n) is 9.08. The van der Waals surface area contributed by atoms with E-state index in [1.165, 1.54) is 22.3 Å². The van der Waals surface area contributed by atoms with Crippen molar-refractivity contribution >= 4 is 28.7 Å². The largest absolute Gasteiger partial charge is 0.507 e. The van der Waals surface area contributed by atoms with Crippen LogP contribution in [0.2, 0.25) is 0 Å². The Morgan fingerprint density at radius 3 is 2.38 bits per heavy atom. The molecule has 6 nitrogen and oxygen atoms in total. The molecule has 1 N–H and O–H groups in total. The molecule has 3 aromatic carbocycles. The number of ether oxygens (including phenoxy) is 1. The number of hydrogen-bond donors (Lipinski definition) is 1. The molecule has 1 aliphatic carbocycles. The minimum absolute atomic E-state index is 0.00887. The highest BCUT2D eigenvalue weighted by atomic mass is 16.5. The predicted octanol–water partition coefficient (Wildman–Crippen LogP) is 8.15. The maximum atomic E-state index is 14.2. The summed E-state index contributed by atoms with van der Waals surface area (Å²) in [5.41, 5.74) is 6.46. The van der Waals surface area contributed by atoms with Crippen molar-refractivity contribution in [1.29, 1.82) is 0 Å². The van der Waals surface area contributed by atoms with Crippen molar-refractivity contribution in [3.8, 4) is 5.75 Å². The number of hydrogen-bond acceptors (Lipinski definition) is 5. The smallest absolute Gasteiger partial charge is 0.234 e. The Balaban J connectivity index is 1.06. The van der Waals surface area contributed by atoms with E-state index < -0.39 is 0 Å². The predicted molar refractivity (Wildman–Crippen MR) is 191 cm³/mol. The van der Waals surface area contributed by atoms with Crippen molar-refractivity contribution in [2.24, 2.45) is 23.7 Å². The molecule has 3 aromatic rings. The second kappa shape index (κ2) is 14.0. The van der Waals surface area contributed by atoms with Crippen molar-refractivity contribution in [1.82, 2.24) is 9.80 Å². The van der Waals surface area contributed by atoms with E-state index in [-0.39, 0.29) is 41.7 Å². The standard InChI is InChI=1S/C42H50N2O4/c1-4-10-28(23-30-16-17-37(45)33-14-9-8-13-32(30)33)15-18-38-39-34(27(2)3)24-35-40(36(39)26-48-38)42(47)44(41(35)46)31-19-21-43(22-20-31)25-29-11-6-5-7-12-29/h5-9,11-14,16-17,23,27,31,35-36,38,40,45H,4,10,15,18-22,24-26H2,1-3H3/b28-23+/t35-,36+,38-,40-/m1/s1. The van der Waals surface area contributed by atoms with E-state index in [0.29, 0.717) is 24.7 Å². The number of fused-ring (bicyclic) bond motifs is 4. The summed E-state index contributed by atoms with van der Waals surface area (Å²) < 4.78 is 6.58. The first kappa shape index (κ1) is 32.8. The summed E-state index contributed by atoms with van der Waals surface area (Å²) >= 11 is 0. The van der Waals surface area contributed by atoms with Crippen LogP contribution in [0, 0.1) is 23.7 Å². The molecule has 4 atom stereocenters. The number of imide groups is 1. The number of carbonyl (C=O) groups is 2. The van der Waals surface area contributed by atoms with E-state index in [1.54, 1.807) is 11.0 Å². The minimum Gasteiger partial charge on any atom is -0.507 e. The lowest BCUT2D eigenvalue weighted by atomic mass is 9.67. The molecule has 0 aromatic heterocycles. The van der Waals surface area contributed by atoms with Gasteiger partial charge in [-0.1, -0.05) is 105 Å². The molecule has 48 heavy (non-hydrogen) atoms. The zero-order valence-electron chi connectivity index (χ0n) is 28.7. The lowest BCUT2D eigenvalue weighted by Gasteiger charge is -2.36. The number of carbonyl (C=O) groups excluding carboxylic acids is 2. The third-order valence-electron chi connectivity index (χ3n) is 11.4. The van der Waals surface area contributed by atoms with E-state index in [2.05, 4.69) is 62.1 Å². The Kier molecular flexibility index (Phi) is 9.57. The molecule has 7 rings (SSSR count). The molecule has 4 aliphatic rings. The van der Waals surface area contributed by atoms with Gasteiger partial charge < -0.3 is 9.84 Å². The summed E-state index contributed by atoms with van der Waals surface area (Å²) in [6, 6.07) is 22.3. The first-order chi connectivity index (χ1) is 23.3. The molecule has 3 fully saturated rings. The molecule has 0 bridgehead atoms. The van der Waals surface area contributed by atoms with Gasteiger partial charge in [-0.05, 0) is 72.6 Å². The van der Waals surface area contributed by atoms with Gasteiger partial charge in [0.15, 0.2) is 0 Å². The fraction of sp³-hybridized carbons (Fsp3) is 0.476. The summed E-state index contributed by atoms with van der Waals surface area (Å²) in [5, 5.41) is 12.3. The van der Waals surface area contributed by atoms with Gasteiger partial charge in [0, 0.05) is 37.0 Å². The zero-order chi connectivity index (χ0) is 33.4. The number of nitrogens with zero attached hydrogens (tertiary/aromatic N) is 2. The van der Waals surface area contributed by atoms with Gasteiger partial charge in [-0.3, -0.25) is 19.4 Å². The van der Waals surface area contributed by atoms with E-state index in [9.17, 15) is 14.7 Å². The minimum atomic E-state index is -0.295. The Hall–Kier alpha value is -3.74. The summed E-state index contributed by atoms with van der Waals surface area (Å²) in [6.45, 7) is 9.91. The second-order valence-corrected chi connectivity index (χ2v) is 14.8. The average molecular weight is 647 g/mol. The van der Waals surface area contributed by atoms with Crippen LogP contribution in [0.25, 0.3) is 16.8 Å². The van der Waals surface area contributed by atoms with E-state index >= 15 is 0 Å². The second-order valence-electron chi connectivity index (χ2n) is 14.8. The molecule has 252 valence electrons. The number of piperidine rings is 1. The number of benzene rings is 3. The molecule has 6 heteroatoms. The van der Waals surface area contributed by atoms with E-state index in [4.69, 9.17) is 4.74 Å². The molecular formula is C42H50N2O4. The van der Waals surface area contributed by atoms with Crippen LogP contribution >= 0.6 is 0 Å². The normalized spacial score (nSPS) is 25.4. The number of rotatable bonds is 10. The van der Waals surface area contributed by atoms with E-state index in [0.717, 1.165) is 74.5 Å². The van der Waals surface area contributed by atoms with Crippen LogP contribution in [0.5, 0.6) is 5.75 Å². The summed E-state index contributed by atoms with van der Waals surface area (Å²) in [7, 11) is 0. The summed E-state index contributed by atoms with van der Waals surface area (Å²) in [6.07, 6.45) is 8.46.